The molecule has 0 saturated carbocycles. The highest BCUT2D eigenvalue weighted by atomic mass is 16.6. The highest BCUT2D eigenvalue weighted by molar-refractivity contribution is 5.99. The zero-order valence-corrected chi connectivity index (χ0v) is 18.7. The van der Waals surface area contributed by atoms with Crippen LogP contribution >= 0.6 is 0 Å². The second-order valence-electron chi connectivity index (χ2n) is 8.42. The molecule has 1 unspecified atom stereocenters. The number of benzene rings is 2. The van der Waals surface area contributed by atoms with E-state index < -0.39 is 30.1 Å². The number of esters is 2. The number of hydrogen-bond donors (Lipinski definition) is 1. The number of aromatic amines is 1. The molecule has 0 saturated heterocycles. The van der Waals surface area contributed by atoms with E-state index in [9.17, 15) is 19.2 Å². The van der Waals surface area contributed by atoms with Gasteiger partial charge in [-0.05, 0) is 32.4 Å². The smallest absolute Gasteiger partial charge is 0.340 e. The van der Waals surface area contributed by atoms with E-state index in [-0.39, 0.29) is 17.0 Å². The normalized spacial score (nSPS) is 12.0. The number of aromatic nitrogens is 1. The topological polar surface area (TPSA) is 103 Å². The van der Waals surface area contributed by atoms with Crippen LogP contribution in [0, 0.1) is 0 Å². The first-order valence-electron chi connectivity index (χ1n) is 10.4. The summed E-state index contributed by atoms with van der Waals surface area (Å²) < 4.78 is 10.8. The fraction of sp³-hybridized carbons (Fsp3) is 0.231. The number of rotatable bonds is 8. The van der Waals surface area contributed by atoms with E-state index in [0.717, 1.165) is 0 Å². The number of ketones is 1. The van der Waals surface area contributed by atoms with Gasteiger partial charge in [0.25, 0.3) is 0 Å². The summed E-state index contributed by atoms with van der Waals surface area (Å²) in [6.07, 6.45) is 2.22. The third kappa shape index (κ3) is 6.04. The van der Waals surface area contributed by atoms with Gasteiger partial charge in [-0.15, -0.1) is 0 Å². The summed E-state index contributed by atoms with van der Waals surface area (Å²) in [5, 5.41) is 0. The summed E-state index contributed by atoms with van der Waals surface area (Å²) in [5.41, 5.74) is 1.08. The lowest BCUT2D eigenvalue weighted by molar-refractivity contribution is -0.143. The van der Waals surface area contributed by atoms with Crippen LogP contribution in [0.15, 0.2) is 66.9 Å². The molecule has 2 aromatic carbocycles. The molecule has 0 fully saturated rings. The standard InChI is InChI=1S/C26H25NO6/c1-26(2,3)33-24(30)20-13-14-27-23(20)22(19-11-9-17(15-28)10-12-19)25(31)32-16-21(29)18-7-5-4-6-8-18/h4-15,22,27H,16H2,1-3H3. The molecule has 33 heavy (non-hydrogen) atoms. The molecule has 0 bridgehead atoms. The van der Waals surface area contributed by atoms with Crippen LogP contribution in [-0.4, -0.2) is 41.2 Å². The third-order valence-corrected chi connectivity index (χ3v) is 4.77. The summed E-state index contributed by atoms with van der Waals surface area (Å²) in [7, 11) is 0. The van der Waals surface area contributed by atoms with Crippen LogP contribution in [0.2, 0.25) is 0 Å². The lowest BCUT2D eigenvalue weighted by Crippen LogP contribution is -2.26. The molecule has 7 heteroatoms. The minimum atomic E-state index is -1.04. The van der Waals surface area contributed by atoms with Crippen molar-refractivity contribution in [2.45, 2.75) is 32.3 Å². The van der Waals surface area contributed by atoms with Gasteiger partial charge in [-0.2, -0.15) is 0 Å². The molecule has 0 aliphatic carbocycles. The zero-order valence-electron chi connectivity index (χ0n) is 18.7. The number of aldehydes is 1. The Labute approximate surface area is 191 Å². The molecule has 0 radical (unpaired) electrons. The Morgan fingerprint density at radius 2 is 1.64 bits per heavy atom. The van der Waals surface area contributed by atoms with Crippen molar-refractivity contribution < 1.29 is 28.7 Å². The average molecular weight is 447 g/mol. The number of H-pyrrole nitrogens is 1. The largest absolute Gasteiger partial charge is 0.457 e. The molecule has 0 spiro atoms. The van der Waals surface area contributed by atoms with Crippen LogP contribution < -0.4 is 0 Å². The van der Waals surface area contributed by atoms with Crippen LogP contribution in [0.5, 0.6) is 0 Å². The molecule has 1 atom stereocenters. The second kappa shape index (κ2) is 10.1. The average Bonchev–Trinajstić information content (AvgIpc) is 3.27. The first-order valence-corrected chi connectivity index (χ1v) is 10.4. The maximum absolute atomic E-state index is 13.2. The Kier molecular flexibility index (Phi) is 7.23. The van der Waals surface area contributed by atoms with Gasteiger partial charge in [0.05, 0.1) is 5.56 Å². The maximum atomic E-state index is 13.2. The molecular weight excluding hydrogens is 422 g/mol. The van der Waals surface area contributed by atoms with Crippen LogP contribution in [0.4, 0.5) is 0 Å². The van der Waals surface area contributed by atoms with E-state index in [1.165, 1.54) is 12.3 Å². The highest BCUT2D eigenvalue weighted by Gasteiger charge is 2.32. The molecule has 0 aliphatic rings. The van der Waals surface area contributed by atoms with Crippen LogP contribution in [0.1, 0.15) is 69.0 Å². The quantitative estimate of drug-likeness (QED) is 0.313. The fourth-order valence-electron chi connectivity index (χ4n) is 3.25. The Morgan fingerprint density at radius 3 is 2.24 bits per heavy atom. The number of hydrogen-bond acceptors (Lipinski definition) is 6. The van der Waals surface area contributed by atoms with Gasteiger partial charge in [0.2, 0.25) is 0 Å². The van der Waals surface area contributed by atoms with Crippen LogP contribution in [0.3, 0.4) is 0 Å². The molecule has 3 rings (SSSR count). The summed E-state index contributed by atoms with van der Waals surface area (Å²) in [4.78, 5) is 52.3. The Hall–Kier alpha value is -4.00. The highest BCUT2D eigenvalue weighted by Crippen LogP contribution is 2.29. The number of nitrogens with one attached hydrogen (secondary N) is 1. The maximum Gasteiger partial charge on any atom is 0.340 e. The molecule has 0 aliphatic heterocycles. The zero-order chi connectivity index (χ0) is 24.0. The summed E-state index contributed by atoms with van der Waals surface area (Å²) in [6.45, 7) is 4.79. The lowest BCUT2D eigenvalue weighted by Gasteiger charge is -2.21. The van der Waals surface area contributed by atoms with E-state index in [1.54, 1.807) is 75.4 Å². The van der Waals surface area contributed by atoms with E-state index in [4.69, 9.17) is 9.47 Å². The van der Waals surface area contributed by atoms with Crippen molar-refractivity contribution in [1.29, 1.82) is 0 Å². The fourth-order valence-corrected chi connectivity index (χ4v) is 3.25. The summed E-state index contributed by atoms with van der Waals surface area (Å²) in [5.74, 6) is -2.70. The minimum Gasteiger partial charge on any atom is -0.457 e. The van der Waals surface area contributed by atoms with Gasteiger partial charge < -0.3 is 14.5 Å². The molecule has 1 aromatic heterocycles. The van der Waals surface area contributed by atoms with Gasteiger partial charge in [-0.1, -0.05) is 54.6 Å². The second-order valence-corrected chi connectivity index (χ2v) is 8.42. The number of Topliss-reactive ketones (excluding diaryl/α,β-unsaturated/α-hetero) is 1. The van der Waals surface area contributed by atoms with Crippen LogP contribution in [0.25, 0.3) is 0 Å². The molecule has 0 amide bonds. The van der Waals surface area contributed by atoms with Gasteiger partial charge in [0.15, 0.2) is 12.4 Å². The molecule has 3 aromatic rings. The van der Waals surface area contributed by atoms with Crippen molar-refractivity contribution in [3.63, 3.8) is 0 Å². The van der Waals surface area contributed by atoms with Gasteiger partial charge in [0.1, 0.15) is 17.8 Å². The van der Waals surface area contributed by atoms with E-state index >= 15 is 0 Å². The minimum absolute atomic E-state index is 0.181. The van der Waals surface area contributed by atoms with Crippen molar-refractivity contribution in [1.82, 2.24) is 4.98 Å². The Balaban J connectivity index is 1.91. The van der Waals surface area contributed by atoms with Gasteiger partial charge in [-0.3, -0.25) is 14.4 Å². The van der Waals surface area contributed by atoms with E-state index in [1.807, 2.05) is 0 Å². The van der Waals surface area contributed by atoms with Crippen LogP contribution in [-0.2, 0) is 14.3 Å². The molecule has 1 heterocycles. The van der Waals surface area contributed by atoms with Crippen molar-refractivity contribution in [3.8, 4) is 0 Å². The predicted octanol–water partition coefficient (Wildman–Crippen LogP) is 4.34. The Bertz CT molecular complexity index is 1140. The summed E-state index contributed by atoms with van der Waals surface area (Å²) in [6, 6.07) is 16.4. The lowest BCUT2D eigenvalue weighted by atomic mass is 9.92. The first-order chi connectivity index (χ1) is 15.7. The van der Waals surface area contributed by atoms with Crippen molar-refractivity contribution in [2.75, 3.05) is 6.61 Å². The van der Waals surface area contributed by atoms with E-state index in [0.29, 0.717) is 23.0 Å². The monoisotopic (exact) mass is 447 g/mol. The van der Waals surface area contributed by atoms with E-state index in [2.05, 4.69) is 4.98 Å². The number of carbonyl (C=O) groups excluding carboxylic acids is 4. The number of ether oxygens (including phenoxy) is 2. The molecule has 1 N–H and O–H groups in total. The van der Waals surface area contributed by atoms with Gasteiger partial charge in [-0.25, -0.2) is 4.79 Å². The Morgan fingerprint density at radius 1 is 0.970 bits per heavy atom. The third-order valence-electron chi connectivity index (χ3n) is 4.77. The SMILES string of the molecule is CC(C)(C)OC(=O)c1cc[nH]c1C(C(=O)OCC(=O)c1ccccc1)c1ccc(C=O)cc1. The molecule has 7 nitrogen and oxygen atoms in total. The van der Waals surface area contributed by atoms with Crippen molar-refractivity contribution in [3.05, 3.63) is 94.8 Å². The first kappa shape index (κ1) is 23.7. The molecule has 170 valence electrons. The van der Waals surface area contributed by atoms with Crippen molar-refractivity contribution in [2.24, 2.45) is 0 Å². The molecular formula is C26H25NO6. The predicted molar refractivity (Wildman–Crippen MR) is 121 cm³/mol. The van der Waals surface area contributed by atoms with Crippen molar-refractivity contribution >= 4 is 24.0 Å². The summed E-state index contributed by atoms with van der Waals surface area (Å²) >= 11 is 0. The van der Waals surface area contributed by atoms with Gasteiger partial charge >= 0.3 is 11.9 Å². The van der Waals surface area contributed by atoms with Gasteiger partial charge in [0, 0.05) is 23.0 Å². The number of carbonyl (C=O) groups is 4.